The zero-order valence-electron chi connectivity index (χ0n) is 9.03. The van der Waals surface area contributed by atoms with E-state index in [2.05, 4.69) is 74.4 Å². The van der Waals surface area contributed by atoms with E-state index < -0.39 is 0 Å². The van der Waals surface area contributed by atoms with Crippen LogP contribution in [0.2, 0.25) is 0 Å². The Kier molecular flexibility index (Phi) is 2.34. The molecule has 1 fully saturated rings. The Balaban J connectivity index is 1.90. The molecule has 2 heterocycles. The predicted octanol–water partition coefficient (Wildman–Crippen LogP) is 3.70. The third-order valence-corrected chi connectivity index (χ3v) is 5.37. The molecule has 2 unspecified atom stereocenters. The molecule has 0 radical (unpaired) electrons. The van der Waals surface area contributed by atoms with E-state index in [1.54, 1.807) is 0 Å². The lowest BCUT2D eigenvalue weighted by Crippen LogP contribution is -2.36. The fraction of sp³-hybridized carbons (Fsp3) is 0.308. The monoisotopic (exact) mass is 448 g/mol. The molecular formula is C13H10I2N2. The number of fused-ring (bicyclic) bond motifs is 6. The van der Waals surface area contributed by atoms with Crippen molar-refractivity contribution >= 4 is 56.7 Å². The Hall–Kier alpha value is -0.110. The van der Waals surface area contributed by atoms with Crippen LogP contribution in [0.15, 0.2) is 29.3 Å². The maximum Gasteiger partial charge on any atom is 0.113 e. The summed E-state index contributed by atoms with van der Waals surface area (Å²) in [6.07, 6.45) is 5.90. The quantitative estimate of drug-likeness (QED) is 0.437. The van der Waals surface area contributed by atoms with E-state index >= 15 is 0 Å². The summed E-state index contributed by atoms with van der Waals surface area (Å²) in [5, 5.41) is 0. The molecule has 86 valence electrons. The zero-order valence-corrected chi connectivity index (χ0v) is 13.3. The minimum absolute atomic E-state index is 0.573. The van der Waals surface area contributed by atoms with Crippen LogP contribution >= 0.6 is 45.2 Å². The molecule has 2 atom stereocenters. The second-order valence-electron chi connectivity index (χ2n) is 4.78. The van der Waals surface area contributed by atoms with Crippen molar-refractivity contribution in [3.8, 4) is 0 Å². The van der Waals surface area contributed by atoms with E-state index in [1.807, 2.05) is 0 Å². The smallest absolute Gasteiger partial charge is 0.113 e. The van der Waals surface area contributed by atoms with Gasteiger partial charge in [0.05, 0.1) is 5.69 Å². The number of nitrogens with zero attached hydrogens (tertiary/aromatic N) is 2. The molecule has 4 heteroatoms. The highest BCUT2D eigenvalue weighted by Crippen LogP contribution is 2.41. The Labute approximate surface area is 127 Å². The Morgan fingerprint density at radius 1 is 1.24 bits per heavy atom. The number of halogens is 2. The number of aliphatic imine (C=N–C) groups is 1. The molecular weight excluding hydrogens is 438 g/mol. The summed E-state index contributed by atoms with van der Waals surface area (Å²) in [6.45, 7) is 1.04. The fourth-order valence-corrected chi connectivity index (χ4v) is 4.96. The molecule has 1 saturated heterocycles. The molecule has 1 aliphatic carbocycles. The van der Waals surface area contributed by atoms with Gasteiger partial charge in [-0.25, -0.2) is 4.99 Å². The summed E-state index contributed by atoms with van der Waals surface area (Å²) in [4.78, 5) is 7.37. The minimum atomic E-state index is 0.573. The first-order valence-corrected chi connectivity index (χ1v) is 7.89. The number of rotatable bonds is 0. The van der Waals surface area contributed by atoms with Crippen molar-refractivity contribution in [3.05, 3.63) is 37.0 Å². The van der Waals surface area contributed by atoms with Gasteiger partial charge < -0.3 is 4.90 Å². The van der Waals surface area contributed by atoms with Crippen molar-refractivity contribution in [2.75, 3.05) is 0 Å². The first-order valence-electron chi connectivity index (χ1n) is 5.74. The molecule has 0 aromatic heterocycles. The van der Waals surface area contributed by atoms with Gasteiger partial charge in [0.25, 0.3) is 0 Å². The average molecular weight is 448 g/mol. The highest BCUT2D eigenvalue weighted by Gasteiger charge is 2.41. The first-order chi connectivity index (χ1) is 8.22. The molecule has 2 bridgehead atoms. The molecule has 0 N–H and O–H groups in total. The molecule has 0 amide bonds. The van der Waals surface area contributed by atoms with E-state index in [1.165, 1.54) is 30.6 Å². The SMILES string of the molecule is Ic1cc(I)c2c(c1)N=C1C3C=CC(C3)N1C2. The Morgan fingerprint density at radius 3 is 3.00 bits per heavy atom. The van der Waals surface area contributed by atoms with Crippen LogP contribution in [0.25, 0.3) is 0 Å². The lowest BCUT2D eigenvalue weighted by atomic mass is 10.1. The summed E-state index contributed by atoms with van der Waals surface area (Å²) in [5.74, 6) is 1.87. The van der Waals surface area contributed by atoms with Gasteiger partial charge in [-0.15, -0.1) is 0 Å². The third kappa shape index (κ3) is 1.52. The van der Waals surface area contributed by atoms with Crippen molar-refractivity contribution < 1.29 is 0 Å². The van der Waals surface area contributed by atoms with Crippen molar-refractivity contribution in [1.29, 1.82) is 0 Å². The lowest BCUT2D eigenvalue weighted by molar-refractivity contribution is 0.377. The molecule has 0 saturated carbocycles. The zero-order chi connectivity index (χ0) is 11.6. The van der Waals surface area contributed by atoms with E-state index in [0.29, 0.717) is 12.0 Å². The van der Waals surface area contributed by atoms with Crippen LogP contribution in [0.5, 0.6) is 0 Å². The summed E-state index contributed by atoms with van der Waals surface area (Å²) >= 11 is 4.81. The van der Waals surface area contributed by atoms with Crippen LogP contribution in [0, 0.1) is 13.1 Å². The van der Waals surface area contributed by atoms with Gasteiger partial charge in [-0.3, -0.25) is 0 Å². The van der Waals surface area contributed by atoms with Gasteiger partial charge in [0, 0.05) is 31.2 Å². The standard InChI is InChI=1S/C13H10I2N2/c14-8-4-11(15)10-6-17-9-2-1-7(3-9)13(17)16-12(10)5-8/h1-2,4-5,7,9H,3,6H2. The van der Waals surface area contributed by atoms with Crippen molar-refractivity contribution in [1.82, 2.24) is 4.90 Å². The highest BCUT2D eigenvalue weighted by atomic mass is 127. The molecule has 0 spiro atoms. The number of benzene rings is 1. The van der Waals surface area contributed by atoms with E-state index in [9.17, 15) is 0 Å². The van der Waals surface area contributed by atoms with Gasteiger partial charge in [-0.1, -0.05) is 12.2 Å². The van der Waals surface area contributed by atoms with E-state index in [4.69, 9.17) is 4.99 Å². The van der Waals surface area contributed by atoms with Gasteiger partial charge in [0.1, 0.15) is 5.84 Å². The van der Waals surface area contributed by atoms with Crippen molar-refractivity contribution in [3.63, 3.8) is 0 Å². The van der Waals surface area contributed by atoms with Crippen LogP contribution in [-0.4, -0.2) is 16.8 Å². The Bertz CT molecular complexity index is 577. The maximum atomic E-state index is 4.89. The van der Waals surface area contributed by atoms with Crippen molar-refractivity contribution in [2.45, 2.75) is 19.0 Å². The van der Waals surface area contributed by atoms with Crippen LogP contribution in [-0.2, 0) is 6.54 Å². The fourth-order valence-electron chi connectivity index (χ4n) is 2.97. The van der Waals surface area contributed by atoms with Gasteiger partial charge in [-0.05, 0) is 63.7 Å². The maximum absolute atomic E-state index is 4.89. The highest BCUT2D eigenvalue weighted by molar-refractivity contribution is 14.1. The van der Waals surface area contributed by atoms with Crippen LogP contribution in [0.1, 0.15) is 12.0 Å². The Morgan fingerprint density at radius 2 is 2.12 bits per heavy atom. The number of amidine groups is 1. The second-order valence-corrected chi connectivity index (χ2v) is 7.19. The van der Waals surface area contributed by atoms with Crippen LogP contribution in [0.3, 0.4) is 0 Å². The summed E-state index contributed by atoms with van der Waals surface area (Å²) in [5.41, 5.74) is 2.59. The van der Waals surface area contributed by atoms with Crippen LogP contribution < -0.4 is 0 Å². The molecule has 4 rings (SSSR count). The van der Waals surface area contributed by atoms with Crippen LogP contribution in [0.4, 0.5) is 5.69 Å². The lowest BCUT2D eigenvalue weighted by Gasteiger charge is -2.32. The van der Waals surface area contributed by atoms with E-state index in [-0.39, 0.29) is 0 Å². The number of hydrogen-bond acceptors (Lipinski definition) is 2. The topological polar surface area (TPSA) is 15.6 Å². The predicted molar refractivity (Wildman–Crippen MR) is 85.5 cm³/mol. The van der Waals surface area contributed by atoms with Gasteiger partial charge in [-0.2, -0.15) is 0 Å². The largest absolute Gasteiger partial charge is 0.349 e. The van der Waals surface area contributed by atoms with Gasteiger partial charge in [0.2, 0.25) is 0 Å². The normalized spacial score (nSPS) is 28.1. The van der Waals surface area contributed by atoms with E-state index in [0.717, 1.165) is 6.54 Å². The third-order valence-electron chi connectivity index (χ3n) is 3.79. The molecule has 1 aromatic rings. The van der Waals surface area contributed by atoms with Crippen molar-refractivity contribution in [2.24, 2.45) is 10.9 Å². The summed E-state index contributed by atoms with van der Waals surface area (Å²) < 4.78 is 2.63. The summed E-state index contributed by atoms with van der Waals surface area (Å²) in [7, 11) is 0. The molecule has 17 heavy (non-hydrogen) atoms. The molecule has 2 nitrogen and oxygen atoms in total. The van der Waals surface area contributed by atoms with Gasteiger partial charge in [0.15, 0.2) is 0 Å². The minimum Gasteiger partial charge on any atom is -0.349 e. The molecule has 1 aromatic carbocycles. The number of hydrogen-bond donors (Lipinski definition) is 0. The molecule has 2 aliphatic heterocycles. The van der Waals surface area contributed by atoms with Gasteiger partial charge >= 0.3 is 0 Å². The average Bonchev–Trinajstić information content (AvgIpc) is 2.87. The molecule has 3 aliphatic rings. The first kappa shape index (κ1) is 10.8. The second kappa shape index (κ2) is 3.69. The summed E-state index contributed by atoms with van der Waals surface area (Å²) in [6, 6.07) is 5.05.